The topological polar surface area (TPSA) is 115 Å². The molecule has 1 amide bonds. The Balaban J connectivity index is 1.84. The van der Waals surface area contributed by atoms with E-state index in [0.29, 0.717) is 31.8 Å². The van der Waals surface area contributed by atoms with Crippen molar-refractivity contribution >= 4 is 15.9 Å². The quantitative estimate of drug-likeness (QED) is 0.717. The second-order valence-electron chi connectivity index (χ2n) is 5.37. The number of ether oxygens (including phenoxy) is 1. The molecule has 2 rings (SSSR count). The lowest BCUT2D eigenvalue weighted by Gasteiger charge is -2.33. The summed E-state index contributed by atoms with van der Waals surface area (Å²) in [4.78, 5) is 17.5. The normalized spacial score (nSPS) is 18.9. The van der Waals surface area contributed by atoms with Gasteiger partial charge in [0.25, 0.3) is 10.0 Å². The summed E-state index contributed by atoms with van der Waals surface area (Å²) in [7, 11) is -3.81. The summed E-state index contributed by atoms with van der Waals surface area (Å²) >= 11 is 0. The first kappa shape index (κ1) is 17.8. The number of sulfonamides is 1. The maximum atomic E-state index is 11.7. The molecule has 1 fully saturated rings. The monoisotopic (exact) mass is 342 g/mol. The van der Waals surface area contributed by atoms with E-state index in [0.717, 1.165) is 6.54 Å². The first-order valence-electron chi connectivity index (χ1n) is 7.47. The van der Waals surface area contributed by atoms with E-state index in [4.69, 9.17) is 9.88 Å². The predicted octanol–water partition coefficient (Wildman–Crippen LogP) is -0.544. The third-order valence-electron chi connectivity index (χ3n) is 3.55. The summed E-state index contributed by atoms with van der Waals surface area (Å²) in [5.74, 6) is 0.138. The number of aromatic nitrogens is 1. The summed E-state index contributed by atoms with van der Waals surface area (Å²) in [6.07, 6.45) is 0.498. The molecule has 9 heteroatoms. The van der Waals surface area contributed by atoms with Crippen LogP contribution in [0.2, 0.25) is 0 Å². The van der Waals surface area contributed by atoms with Crippen LogP contribution in [-0.2, 0) is 26.2 Å². The first-order chi connectivity index (χ1) is 10.9. The Morgan fingerprint density at radius 2 is 2.30 bits per heavy atom. The zero-order valence-electron chi connectivity index (χ0n) is 13.1. The molecule has 1 aliphatic heterocycles. The number of primary sulfonamides is 1. The van der Waals surface area contributed by atoms with Crippen LogP contribution in [0.15, 0.2) is 23.2 Å². The van der Waals surface area contributed by atoms with Gasteiger partial charge >= 0.3 is 0 Å². The Morgan fingerprint density at radius 3 is 3.00 bits per heavy atom. The van der Waals surface area contributed by atoms with E-state index >= 15 is 0 Å². The van der Waals surface area contributed by atoms with Crippen molar-refractivity contribution in [2.75, 3.05) is 26.2 Å². The third kappa shape index (κ3) is 5.24. The van der Waals surface area contributed by atoms with E-state index in [-0.39, 0.29) is 23.6 Å². The van der Waals surface area contributed by atoms with Gasteiger partial charge in [-0.05, 0) is 12.1 Å². The largest absolute Gasteiger partial charge is 0.373 e. The van der Waals surface area contributed by atoms with Gasteiger partial charge in [0.15, 0.2) is 5.03 Å². The van der Waals surface area contributed by atoms with Crippen molar-refractivity contribution in [3.8, 4) is 0 Å². The molecule has 23 heavy (non-hydrogen) atoms. The molecule has 8 nitrogen and oxygen atoms in total. The van der Waals surface area contributed by atoms with Crippen molar-refractivity contribution in [2.24, 2.45) is 5.14 Å². The summed E-state index contributed by atoms with van der Waals surface area (Å²) in [6, 6.07) is 4.65. The number of pyridine rings is 1. The van der Waals surface area contributed by atoms with E-state index in [1.54, 1.807) is 12.1 Å². The molecule has 0 saturated carbocycles. The van der Waals surface area contributed by atoms with Crippen LogP contribution in [0.4, 0.5) is 0 Å². The first-order valence-corrected chi connectivity index (χ1v) is 9.02. The second kappa shape index (κ2) is 7.82. The lowest BCUT2D eigenvalue weighted by molar-refractivity contribution is -0.132. The van der Waals surface area contributed by atoms with Crippen molar-refractivity contribution in [2.45, 2.75) is 31.0 Å². The van der Waals surface area contributed by atoms with E-state index in [9.17, 15) is 13.2 Å². The molecule has 0 bridgehead atoms. The fourth-order valence-electron chi connectivity index (χ4n) is 2.39. The average Bonchev–Trinajstić information content (AvgIpc) is 2.54. The molecular formula is C14H22N4O4S. The summed E-state index contributed by atoms with van der Waals surface area (Å²) < 4.78 is 28.1. The summed E-state index contributed by atoms with van der Waals surface area (Å²) in [5.41, 5.74) is 0.494. The molecule has 0 aromatic carbocycles. The number of nitrogens with one attached hydrogen (secondary N) is 1. The Hall–Kier alpha value is -1.55. The van der Waals surface area contributed by atoms with E-state index in [1.165, 1.54) is 6.07 Å². The molecule has 2 heterocycles. The number of piperazine rings is 1. The summed E-state index contributed by atoms with van der Waals surface area (Å²) in [5, 5.41) is 8.17. The van der Waals surface area contributed by atoms with Crippen molar-refractivity contribution in [1.29, 1.82) is 0 Å². The van der Waals surface area contributed by atoms with Crippen molar-refractivity contribution < 1.29 is 17.9 Å². The molecule has 1 saturated heterocycles. The van der Waals surface area contributed by atoms with Gasteiger partial charge in [-0.3, -0.25) is 4.79 Å². The van der Waals surface area contributed by atoms with E-state index < -0.39 is 10.0 Å². The molecule has 1 aromatic heterocycles. The Labute approximate surface area is 136 Å². The SMILES string of the molecule is CCC(=O)N1CCNC(COCc2cccc(S(N)(=O)=O)n2)C1. The van der Waals surface area contributed by atoms with Crippen LogP contribution in [0.5, 0.6) is 0 Å². The molecule has 0 spiro atoms. The van der Waals surface area contributed by atoms with Crippen LogP contribution in [0.25, 0.3) is 0 Å². The zero-order chi connectivity index (χ0) is 16.9. The van der Waals surface area contributed by atoms with Crippen molar-refractivity contribution in [3.63, 3.8) is 0 Å². The minimum absolute atomic E-state index is 0.0562. The minimum Gasteiger partial charge on any atom is -0.373 e. The minimum atomic E-state index is -3.81. The van der Waals surface area contributed by atoms with Gasteiger partial charge < -0.3 is 15.0 Å². The van der Waals surface area contributed by atoms with Crippen molar-refractivity contribution in [1.82, 2.24) is 15.2 Å². The highest BCUT2D eigenvalue weighted by molar-refractivity contribution is 7.89. The lowest BCUT2D eigenvalue weighted by Crippen LogP contribution is -2.54. The Kier molecular flexibility index (Phi) is 6.05. The zero-order valence-corrected chi connectivity index (χ0v) is 13.9. The molecule has 0 radical (unpaired) electrons. The number of nitrogens with zero attached hydrogens (tertiary/aromatic N) is 2. The van der Waals surface area contributed by atoms with E-state index in [1.807, 2.05) is 11.8 Å². The molecule has 1 aromatic rings. The number of carbonyl (C=O) groups excluding carboxylic acids is 1. The molecule has 1 unspecified atom stereocenters. The molecule has 0 aliphatic carbocycles. The van der Waals surface area contributed by atoms with Gasteiger partial charge in [-0.2, -0.15) is 0 Å². The summed E-state index contributed by atoms with van der Waals surface area (Å²) in [6.45, 7) is 4.50. The molecule has 3 N–H and O–H groups in total. The van der Waals surface area contributed by atoms with Gasteiger partial charge in [-0.25, -0.2) is 18.5 Å². The van der Waals surface area contributed by atoms with Crippen LogP contribution >= 0.6 is 0 Å². The number of hydrogen-bond acceptors (Lipinski definition) is 6. The maximum absolute atomic E-state index is 11.7. The number of nitrogens with two attached hydrogens (primary N) is 1. The Morgan fingerprint density at radius 1 is 1.52 bits per heavy atom. The number of amides is 1. The van der Waals surface area contributed by atoms with E-state index in [2.05, 4.69) is 10.3 Å². The predicted molar refractivity (Wildman–Crippen MR) is 83.9 cm³/mol. The van der Waals surface area contributed by atoms with Crippen LogP contribution in [-0.4, -0.2) is 56.5 Å². The fraction of sp³-hybridized carbons (Fsp3) is 0.571. The molecule has 1 atom stereocenters. The van der Waals surface area contributed by atoms with Crippen LogP contribution in [0.3, 0.4) is 0 Å². The van der Waals surface area contributed by atoms with Gasteiger partial charge in [-0.1, -0.05) is 13.0 Å². The molecular weight excluding hydrogens is 320 g/mol. The van der Waals surface area contributed by atoms with Gasteiger partial charge in [0.2, 0.25) is 5.91 Å². The number of hydrogen-bond donors (Lipinski definition) is 2. The second-order valence-corrected chi connectivity index (χ2v) is 6.88. The standard InChI is InChI=1S/C14H22N4O4S/c1-2-14(19)18-7-6-16-12(8-18)10-22-9-11-4-3-5-13(17-11)23(15,20)21/h3-5,12,16H,2,6-10H2,1H3,(H2,15,20,21). The van der Waals surface area contributed by atoms with Gasteiger partial charge in [0.05, 0.1) is 18.9 Å². The maximum Gasteiger partial charge on any atom is 0.255 e. The van der Waals surface area contributed by atoms with Gasteiger partial charge in [-0.15, -0.1) is 0 Å². The highest BCUT2D eigenvalue weighted by Gasteiger charge is 2.22. The number of carbonyl (C=O) groups is 1. The fourth-order valence-corrected chi connectivity index (χ4v) is 2.90. The van der Waals surface area contributed by atoms with Crippen LogP contribution < -0.4 is 10.5 Å². The van der Waals surface area contributed by atoms with Crippen LogP contribution in [0.1, 0.15) is 19.0 Å². The smallest absolute Gasteiger partial charge is 0.255 e. The third-order valence-corrected chi connectivity index (χ3v) is 4.36. The average molecular weight is 342 g/mol. The Bertz CT molecular complexity index is 650. The number of rotatable bonds is 6. The van der Waals surface area contributed by atoms with Gasteiger partial charge in [0.1, 0.15) is 0 Å². The highest BCUT2D eigenvalue weighted by Crippen LogP contribution is 2.07. The van der Waals surface area contributed by atoms with Crippen LogP contribution in [0, 0.1) is 0 Å². The van der Waals surface area contributed by atoms with Gasteiger partial charge in [0, 0.05) is 32.1 Å². The molecule has 128 valence electrons. The van der Waals surface area contributed by atoms with Crippen molar-refractivity contribution in [3.05, 3.63) is 23.9 Å². The molecule has 1 aliphatic rings. The highest BCUT2D eigenvalue weighted by atomic mass is 32.2. The lowest BCUT2D eigenvalue weighted by atomic mass is 10.2.